The molecule has 180 valence electrons. The minimum Gasteiger partial charge on any atom is -0.477 e. The fourth-order valence-electron chi connectivity index (χ4n) is 3.98. The Balaban J connectivity index is 1.36. The number of hydrogen-bond acceptors (Lipinski definition) is 10. The number of aromatic nitrogens is 2. The molecule has 0 radical (unpaired) electrons. The van der Waals surface area contributed by atoms with Crippen molar-refractivity contribution in [1.82, 2.24) is 15.2 Å². The number of carbonyl (C=O) groups excluding carboxylic acids is 2. The molecule has 35 heavy (non-hydrogen) atoms. The summed E-state index contributed by atoms with van der Waals surface area (Å²) in [7, 11) is 1.28. The number of rotatable bonds is 7. The molecule has 5 heterocycles. The SMILES string of the molecule is CO/N=C(\C(=O)NC1C(=O)N2C(C(=O)O)=C(C[n+]3ccc4occc4c3)CS[C@H]12)c1csc(N)n1. The van der Waals surface area contributed by atoms with Crippen LogP contribution in [-0.4, -0.2) is 62.8 Å². The number of fused-ring (bicyclic) bond motifs is 2. The third-order valence-electron chi connectivity index (χ3n) is 5.52. The van der Waals surface area contributed by atoms with Gasteiger partial charge in [0.15, 0.2) is 29.8 Å². The van der Waals surface area contributed by atoms with Gasteiger partial charge in [0.2, 0.25) is 0 Å². The van der Waals surface area contributed by atoms with Gasteiger partial charge < -0.3 is 25.4 Å². The number of carbonyl (C=O) groups is 3. The molecule has 1 fully saturated rings. The van der Waals surface area contributed by atoms with Crippen LogP contribution in [0.25, 0.3) is 11.0 Å². The highest BCUT2D eigenvalue weighted by Crippen LogP contribution is 2.40. The van der Waals surface area contributed by atoms with Gasteiger partial charge in [0.25, 0.3) is 11.8 Å². The molecule has 0 bridgehead atoms. The van der Waals surface area contributed by atoms with Crippen LogP contribution in [0.1, 0.15) is 5.69 Å². The lowest BCUT2D eigenvalue weighted by Crippen LogP contribution is -2.71. The minimum atomic E-state index is -1.20. The van der Waals surface area contributed by atoms with Gasteiger partial charge in [0, 0.05) is 22.8 Å². The zero-order valence-electron chi connectivity index (χ0n) is 18.2. The van der Waals surface area contributed by atoms with E-state index in [4.69, 9.17) is 15.0 Å². The van der Waals surface area contributed by atoms with Crippen molar-refractivity contribution in [3.05, 3.63) is 53.1 Å². The third kappa shape index (κ3) is 4.10. The fraction of sp³-hybridized carbons (Fsp3) is 0.238. The summed E-state index contributed by atoms with van der Waals surface area (Å²) in [5.74, 6) is -2.02. The van der Waals surface area contributed by atoms with Crippen molar-refractivity contribution in [2.45, 2.75) is 18.0 Å². The predicted molar refractivity (Wildman–Crippen MR) is 126 cm³/mol. The van der Waals surface area contributed by atoms with Crippen LogP contribution < -0.4 is 15.6 Å². The Bertz CT molecular complexity index is 1410. The molecule has 2 amide bonds. The van der Waals surface area contributed by atoms with Gasteiger partial charge in [0.05, 0.1) is 11.6 Å². The maximum atomic E-state index is 13.0. The summed E-state index contributed by atoms with van der Waals surface area (Å²) < 4.78 is 7.19. The molecule has 0 aromatic carbocycles. The summed E-state index contributed by atoms with van der Waals surface area (Å²) in [6, 6.07) is 2.69. The van der Waals surface area contributed by atoms with Crippen molar-refractivity contribution in [2.75, 3.05) is 18.6 Å². The normalized spacial score (nSPS) is 20.0. The van der Waals surface area contributed by atoms with Crippen molar-refractivity contribution in [3.8, 4) is 0 Å². The summed E-state index contributed by atoms with van der Waals surface area (Å²) >= 11 is 2.51. The predicted octanol–water partition coefficient (Wildman–Crippen LogP) is 0.548. The number of thioether (sulfide) groups is 1. The average molecular weight is 516 g/mol. The molecular weight excluding hydrogens is 496 g/mol. The Morgan fingerprint density at radius 1 is 1.46 bits per heavy atom. The molecule has 2 aliphatic heterocycles. The van der Waals surface area contributed by atoms with E-state index in [0.717, 1.165) is 22.3 Å². The number of carboxylic acid groups (broad SMARTS) is 1. The maximum Gasteiger partial charge on any atom is 0.352 e. The topological polar surface area (TPSA) is 164 Å². The number of pyridine rings is 1. The lowest BCUT2D eigenvalue weighted by molar-refractivity contribution is -0.687. The van der Waals surface area contributed by atoms with E-state index in [1.54, 1.807) is 23.9 Å². The van der Waals surface area contributed by atoms with Crippen molar-refractivity contribution in [1.29, 1.82) is 0 Å². The molecule has 12 nitrogen and oxygen atoms in total. The number of carboxylic acids is 1. The van der Waals surface area contributed by atoms with E-state index < -0.39 is 29.2 Å². The zero-order chi connectivity index (χ0) is 24.7. The van der Waals surface area contributed by atoms with Crippen LogP contribution in [0.5, 0.6) is 0 Å². The number of nitrogens with zero attached hydrogens (tertiary/aromatic N) is 4. The van der Waals surface area contributed by atoms with E-state index in [-0.39, 0.29) is 22.2 Å². The standard InChI is InChI=1S/C21H18N6O6S2/c1-32-25-14(12-9-35-21(22)23-12)17(28)24-15-18(29)27-16(20(30)31)11(8-34-19(15)27)7-26-4-2-13-10(6-26)3-5-33-13/h2-6,9,15,19H,7-8H2,1H3,(H3-,22,23,24,28,30,31)/p+1/b25-14-/t15?,19-/m1/s1. The van der Waals surface area contributed by atoms with E-state index in [1.165, 1.54) is 23.8 Å². The molecule has 2 atom stereocenters. The first-order chi connectivity index (χ1) is 16.9. The van der Waals surface area contributed by atoms with Crippen LogP contribution >= 0.6 is 23.1 Å². The number of aliphatic carboxylic acids is 1. The number of thiazole rings is 1. The van der Waals surface area contributed by atoms with Crippen molar-refractivity contribution >= 4 is 62.7 Å². The largest absolute Gasteiger partial charge is 0.477 e. The van der Waals surface area contributed by atoms with Crippen LogP contribution in [0.15, 0.2) is 57.0 Å². The third-order valence-corrected chi connectivity index (χ3v) is 7.54. The first-order valence-electron chi connectivity index (χ1n) is 10.3. The average Bonchev–Trinajstić information content (AvgIpc) is 3.48. The van der Waals surface area contributed by atoms with Crippen LogP contribution in [-0.2, 0) is 25.8 Å². The summed E-state index contributed by atoms with van der Waals surface area (Å²) in [4.78, 5) is 48.0. The first kappa shape index (κ1) is 22.9. The van der Waals surface area contributed by atoms with Gasteiger partial charge in [-0.3, -0.25) is 14.5 Å². The molecular formula is C21H19N6O6S2+. The number of nitrogen functional groups attached to an aromatic ring is 1. The van der Waals surface area contributed by atoms with E-state index in [9.17, 15) is 19.5 Å². The number of oxime groups is 1. The molecule has 3 aromatic rings. The van der Waals surface area contributed by atoms with E-state index >= 15 is 0 Å². The van der Waals surface area contributed by atoms with Gasteiger partial charge in [-0.1, -0.05) is 5.16 Å². The zero-order valence-corrected chi connectivity index (χ0v) is 19.8. The monoisotopic (exact) mass is 515 g/mol. The maximum absolute atomic E-state index is 13.0. The Morgan fingerprint density at radius 2 is 2.29 bits per heavy atom. The van der Waals surface area contributed by atoms with Crippen LogP contribution in [0.3, 0.4) is 0 Å². The lowest BCUT2D eigenvalue weighted by atomic mass is 10.0. The quantitative estimate of drug-likeness (QED) is 0.176. The van der Waals surface area contributed by atoms with Crippen molar-refractivity contribution < 1.29 is 33.3 Å². The molecule has 1 unspecified atom stereocenters. The van der Waals surface area contributed by atoms with E-state index in [1.807, 2.05) is 16.8 Å². The van der Waals surface area contributed by atoms with Crippen LogP contribution in [0.4, 0.5) is 5.13 Å². The molecule has 4 N–H and O–H groups in total. The van der Waals surface area contributed by atoms with Gasteiger partial charge in [-0.25, -0.2) is 14.3 Å². The highest BCUT2D eigenvalue weighted by atomic mass is 32.2. The summed E-state index contributed by atoms with van der Waals surface area (Å²) in [6.07, 6.45) is 5.22. The summed E-state index contributed by atoms with van der Waals surface area (Å²) in [6.45, 7) is 0.291. The highest BCUT2D eigenvalue weighted by Gasteiger charge is 2.54. The number of amides is 2. The second-order valence-corrected chi connectivity index (χ2v) is 9.66. The van der Waals surface area contributed by atoms with Gasteiger partial charge >= 0.3 is 5.97 Å². The number of hydrogen-bond donors (Lipinski definition) is 3. The van der Waals surface area contributed by atoms with Crippen LogP contribution in [0, 0.1) is 0 Å². The second-order valence-electron chi connectivity index (χ2n) is 7.67. The smallest absolute Gasteiger partial charge is 0.352 e. The number of furan rings is 1. The number of nitrogens with two attached hydrogens (primary N) is 1. The highest BCUT2D eigenvalue weighted by molar-refractivity contribution is 8.00. The Kier molecular flexibility index (Phi) is 5.90. The van der Waals surface area contributed by atoms with E-state index in [2.05, 4.69) is 15.5 Å². The molecule has 1 saturated heterocycles. The molecule has 0 saturated carbocycles. The number of β-lactam (4-membered cyclic amide) rings is 1. The van der Waals surface area contributed by atoms with Gasteiger partial charge in [-0.15, -0.1) is 23.1 Å². The summed E-state index contributed by atoms with van der Waals surface area (Å²) in [5, 5.41) is 18.4. The van der Waals surface area contributed by atoms with E-state index in [0.29, 0.717) is 17.9 Å². The molecule has 0 aliphatic carbocycles. The minimum absolute atomic E-state index is 0.0675. The Labute approximate surface area is 206 Å². The van der Waals surface area contributed by atoms with Crippen molar-refractivity contribution in [3.63, 3.8) is 0 Å². The number of nitrogens with one attached hydrogen (secondary N) is 1. The Morgan fingerprint density at radius 3 is 3.00 bits per heavy atom. The number of anilines is 1. The molecule has 0 spiro atoms. The Hall–Kier alpha value is -3.91. The fourth-order valence-corrected chi connectivity index (χ4v) is 5.87. The van der Waals surface area contributed by atoms with Crippen LogP contribution in [0.2, 0.25) is 0 Å². The lowest BCUT2D eigenvalue weighted by Gasteiger charge is -2.49. The molecule has 3 aromatic heterocycles. The van der Waals surface area contributed by atoms with Gasteiger partial charge in [0.1, 0.15) is 35.5 Å². The van der Waals surface area contributed by atoms with Crippen molar-refractivity contribution in [2.24, 2.45) is 5.16 Å². The first-order valence-corrected chi connectivity index (χ1v) is 12.2. The molecule has 2 aliphatic rings. The molecule has 14 heteroatoms. The van der Waals surface area contributed by atoms with Gasteiger partial charge in [-0.05, 0) is 6.07 Å². The molecule has 5 rings (SSSR count). The van der Waals surface area contributed by atoms with Gasteiger partial charge in [-0.2, -0.15) is 0 Å². The second kappa shape index (κ2) is 9.03. The summed E-state index contributed by atoms with van der Waals surface area (Å²) in [5.41, 5.74) is 6.97.